The molecule has 0 heterocycles. The molecule has 146 valence electrons. The normalized spacial score (nSPS) is 12.6. The number of rotatable bonds is 8. The molecule has 27 heavy (non-hydrogen) atoms. The van der Waals surface area contributed by atoms with Crippen LogP contribution in [0.25, 0.3) is 0 Å². The van der Waals surface area contributed by atoms with Crippen molar-refractivity contribution >= 4 is 21.6 Å². The molecule has 2 N–H and O–H groups in total. The van der Waals surface area contributed by atoms with Gasteiger partial charge in [-0.25, -0.2) is 13.1 Å². The number of hydrogen-bond acceptors (Lipinski definition) is 4. The van der Waals surface area contributed by atoms with E-state index in [9.17, 15) is 13.2 Å². The third kappa shape index (κ3) is 5.80. The summed E-state index contributed by atoms with van der Waals surface area (Å²) in [4.78, 5) is 12.7. The second-order valence-electron chi connectivity index (χ2n) is 6.57. The summed E-state index contributed by atoms with van der Waals surface area (Å²) in [6.07, 6.45) is 0.645. The van der Waals surface area contributed by atoms with Crippen LogP contribution >= 0.6 is 0 Å². The molecule has 1 amide bonds. The number of ether oxygens (including phenoxy) is 1. The van der Waals surface area contributed by atoms with Gasteiger partial charge in [0.1, 0.15) is 5.75 Å². The molecule has 1 atom stereocenters. The average molecular weight is 391 g/mol. The summed E-state index contributed by atoms with van der Waals surface area (Å²) in [7, 11) is -3.57. The lowest BCUT2D eigenvalue weighted by atomic mass is 10.1. The molecule has 0 aliphatic rings. The van der Waals surface area contributed by atoms with E-state index in [0.29, 0.717) is 23.4 Å². The number of anilines is 1. The van der Waals surface area contributed by atoms with Crippen LogP contribution in [0.2, 0.25) is 0 Å². The molecule has 0 spiro atoms. The van der Waals surface area contributed by atoms with Gasteiger partial charge in [0.2, 0.25) is 10.0 Å². The number of carbonyl (C=O) groups is 1. The Morgan fingerprint density at radius 1 is 1.04 bits per heavy atom. The third-order valence-electron chi connectivity index (χ3n) is 3.89. The zero-order chi connectivity index (χ0) is 20.0. The SMILES string of the molecule is CCC(C)NS(=O)(=O)c1ccc(NC(=O)c2ccccc2OC(C)C)cc1. The van der Waals surface area contributed by atoms with Crippen LogP contribution in [0.5, 0.6) is 5.75 Å². The lowest BCUT2D eigenvalue weighted by molar-refractivity contribution is 0.102. The Morgan fingerprint density at radius 2 is 1.67 bits per heavy atom. The molecule has 6 nitrogen and oxygen atoms in total. The highest BCUT2D eigenvalue weighted by atomic mass is 32.2. The first-order valence-corrected chi connectivity index (χ1v) is 10.4. The van der Waals surface area contributed by atoms with Crippen LogP contribution < -0.4 is 14.8 Å². The molecule has 2 aromatic carbocycles. The topological polar surface area (TPSA) is 84.5 Å². The second-order valence-corrected chi connectivity index (χ2v) is 8.29. The first kappa shape index (κ1) is 20.9. The fraction of sp³-hybridized carbons (Fsp3) is 0.350. The van der Waals surface area contributed by atoms with E-state index < -0.39 is 10.0 Å². The van der Waals surface area contributed by atoms with Gasteiger partial charge in [0.15, 0.2) is 0 Å². The van der Waals surface area contributed by atoms with Gasteiger partial charge in [-0.2, -0.15) is 0 Å². The predicted octanol–water partition coefficient (Wildman–Crippen LogP) is 3.80. The number of amides is 1. The lowest BCUT2D eigenvalue weighted by Crippen LogP contribution is -2.31. The van der Waals surface area contributed by atoms with Gasteiger partial charge in [-0.05, 0) is 63.6 Å². The van der Waals surface area contributed by atoms with Crippen LogP contribution in [0.15, 0.2) is 53.4 Å². The third-order valence-corrected chi connectivity index (χ3v) is 5.49. The van der Waals surface area contributed by atoms with Crippen molar-refractivity contribution in [1.29, 1.82) is 0 Å². The van der Waals surface area contributed by atoms with Gasteiger partial charge in [0.25, 0.3) is 5.91 Å². The molecule has 0 bridgehead atoms. The minimum Gasteiger partial charge on any atom is -0.490 e. The highest BCUT2D eigenvalue weighted by Gasteiger charge is 2.17. The van der Waals surface area contributed by atoms with Crippen LogP contribution in [0, 0.1) is 0 Å². The molecule has 0 aliphatic heterocycles. The molecule has 2 rings (SSSR count). The van der Waals surface area contributed by atoms with Gasteiger partial charge < -0.3 is 10.1 Å². The summed E-state index contributed by atoms with van der Waals surface area (Å²) >= 11 is 0. The molecule has 7 heteroatoms. The van der Waals surface area contributed by atoms with E-state index in [1.165, 1.54) is 12.1 Å². The van der Waals surface area contributed by atoms with E-state index in [1.807, 2.05) is 27.7 Å². The highest BCUT2D eigenvalue weighted by Crippen LogP contribution is 2.21. The number of para-hydroxylation sites is 1. The smallest absolute Gasteiger partial charge is 0.259 e. The lowest BCUT2D eigenvalue weighted by Gasteiger charge is -2.14. The van der Waals surface area contributed by atoms with Crippen molar-refractivity contribution in [3.63, 3.8) is 0 Å². The summed E-state index contributed by atoms with van der Waals surface area (Å²) in [5, 5.41) is 2.77. The molecule has 0 aliphatic carbocycles. The van der Waals surface area contributed by atoms with E-state index in [-0.39, 0.29) is 22.9 Å². The molecular weight excluding hydrogens is 364 g/mol. The minimum absolute atomic E-state index is 0.0542. The second kappa shape index (κ2) is 9.01. The molecule has 2 aromatic rings. The van der Waals surface area contributed by atoms with Crippen molar-refractivity contribution in [3.8, 4) is 5.75 Å². The summed E-state index contributed by atoms with van der Waals surface area (Å²) in [6.45, 7) is 7.50. The summed E-state index contributed by atoms with van der Waals surface area (Å²) < 4.78 is 32.8. The van der Waals surface area contributed by atoms with Crippen LogP contribution in [0.1, 0.15) is 44.5 Å². The predicted molar refractivity (Wildman–Crippen MR) is 107 cm³/mol. The van der Waals surface area contributed by atoms with E-state index >= 15 is 0 Å². The van der Waals surface area contributed by atoms with E-state index in [1.54, 1.807) is 36.4 Å². The monoisotopic (exact) mass is 390 g/mol. The molecule has 0 saturated heterocycles. The first-order valence-electron chi connectivity index (χ1n) is 8.92. The van der Waals surface area contributed by atoms with E-state index in [2.05, 4.69) is 10.0 Å². The van der Waals surface area contributed by atoms with Gasteiger partial charge in [-0.15, -0.1) is 0 Å². The Morgan fingerprint density at radius 3 is 2.26 bits per heavy atom. The van der Waals surface area contributed by atoms with Gasteiger partial charge in [0.05, 0.1) is 16.6 Å². The Kier molecular flexibility index (Phi) is 6.98. The van der Waals surface area contributed by atoms with Crippen molar-refractivity contribution in [2.45, 2.75) is 51.2 Å². The van der Waals surface area contributed by atoms with Crippen LogP contribution in [-0.2, 0) is 10.0 Å². The van der Waals surface area contributed by atoms with Gasteiger partial charge in [0, 0.05) is 11.7 Å². The zero-order valence-electron chi connectivity index (χ0n) is 16.0. The molecule has 0 radical (unpaired) electrons. The van der Waals surface area contributed by atoms with E-state index in [0.717, 1.165) is 0 Å². The highest BCUT2D eigenvalue weighted by molar-refractivity contribution is 7.89. The maximum atomic E-state index is 12.6. The number of nitrogens with one attached hydrogen (secondary N) is 2. The fourth-order valence-corrected chi connectivity index (χ4v) is 3.67. The molecular formula is C20H26N2O4S. The quantitative estimate of drug-likeness (QED) is 0.718. The summed E-state index contributed by atoms with van der Waals surface area (Å²) in [5.74, 6) is 0.182. The van der Waals surface area contributed by atoms with Crippen molar-refractivity contribution in [2.24, 2.45) is 0 Å². The minimum atomic E-state index is -3.57. The van der Waals surface area contributed by atoms with Crippen molar-refractivity contribution < 1.29 is 17.9 Å². The number of hydrogen-bond donors (Lipinski definition) is 2. The number of carbonyl (C=O) groups excluding carboxylic acids is 1. The molecule has 1 unspecified atom stereocenters. The van der Waals surface area contributed by atoms with Crippen molar-refractivity contribution in [3.05, 3.63) is 54.1 Å². The Bertz CT molecular complexity index is 877. The zero-order valence-corrected chi connectivity index (χ0v) is 16.8. The molecule has 0 fully saturated rings. The summed E-state index contributed by atoms with van der Waals surface area (Å²) in [5.41, 5.74) is 0.920. The van der Waals surface area contributed by atoms with Crippen LogP contribution in [0.4, 0.5) is 5.69 Å². The van der Waals surface area contributed by atoms with Gasteiger partial charge >= 0.3 is 0 Å². The number of benzene rings is 2. The first-order chi connectivity index (χ1) is 12.7. The Balaban J connectivity index is 2.14. The fourth-order valence-electron chi connectivity index (χ4n) is 2.34. The molecule has 0 aromatic heterocycles. The largest absolute Gasteiger partial charge is 0.490 e. The maximum Gasteiger partial charge on any atom is 0.259 e. The summed E-state index contributed by atoms with van der Waals surface area (Å²) in [6, 6.07) is 12.9. The average Bonchev–Trinajstić information content (AvgIpc) is 2.61. The van der Waals surface area contributed by atoms with Gasteiger partial charge in [-0.3, -0.25) is 4.79 Å². The van der Waals surface area contributed by atoms with Crippen molar-refractivity contribution in [1.82, 2.24) is 4.72 Å². The Hall–Kier alpha value is -2.38. The van der Waals surface area contributed by atoms with Crippen LogP contribution in [0.3, 0.4) is 0 Å². The Labute approximate surface area is 161 Å². The van der Waals surface area contributed by atoms with Gasteiger partial charge in [-0.1, -0.05) is 19.1 Å². The van der Waals surface area contributed by atoms with E-state index in [4.69, 9.17) is 4.74 Å². The van der Waals surface area contributed by atoms with Crippen LogP contribution in [-0.4, -0.2) is 26.5 Å². The maximum absolute atomic E-state index is 12.6. The number of sulfonamides is 1. The van der Waals surface area contributed by atoms with Crippen molar-refractivity contribution in [2.75, 3.05) is 5.32 Å². The standard InChI is InChI=1S/C20H26N2O4S/c1-5-15(4)22-27(24,25)17-12-10-16(11-13-17)21-20(23)18-8-6-7-9-19(18)26-14(2)3/h6-15,22H,5H2,1-4H3,(H,21,23). The molecule has 0 saturated carbocycles.